The number of halogens is 1. The highest BCUT2D eigenvalue weighted by atomic mass is 79.9. The van der Waals surface area contributed by atoms with Crippen molar-refractivity contribution in [2.45, 2.75) is 20.8 Å². The molecule has 1 aliphatic heterocycles. The Morgan fingerprint density at radius 1 is 1.21 bits per heavy atom. The van der Waals surface area contributed by atoms with E-state index in [-0.39, 0.29) is 11.9 Å². The number of urea groups is 1. The van der Waals surface area contributed by atoms with Crippen LogP contribution in [0.25, 0.3) is 11.8 Å². The Morgan fingerprint density at radius 2 is 1.92 bits per heavy atom. The Balaban J connectivity index is 2.05. The Labute approximate surface area is 149 Å². The molecular weight excluding hydrogens is 370 g/mol. The van der Waals surface area contributed by atoms with Crippen molar-refractivity contribution in [2.75, 3.05) is 6.54 Å². The van der Waals surface area contributed by atoms with E-state index in [9.17, 15) is 9.59 Å². The number of carbonyl (C=O) groups is 2. The lowest BCUT2D eigenvalue weighted by Crippen LogP contribution is -2.30. The van der Waals surface area contributed by atoms with Crippen molar-refractivity contribution in [3.63, 3.8) is 0 Å². The van der Waals surface area contributed by atoms with E-state index in [0.717, 1.165) is 27.1 Å². The van der Waals surface area contributed by atoms with Gasteiger partial charge in [0.15, 0.2) is 0 Å². The highest BCUT2D eigenvalue weighted by molar-refractivity contribution is 9.10. The van der Waals surface area contributed by atoms with Crippen LogP contribution in [0.2, 0.25) is 0 Å². The minimum absolute atomic E-state index is 0.284. The number of nitrogens with zero attached hydrogens (tertiary/aromatic N) is 2. The van der Waals surface area contributed by atoms with Crippen molar-refractivity contribution >= 4 is 33.9 Å². The molecule has 3 amide bonds. The molecule has 0 aliphatic carbocycles. The molecule has 5 nitrogen and oxygen atoms in total. The standard InChI is InChI=1S/C18H18BrN3O2/c1-4-21-17(23)15(20-18(21)24)10-13-9-11(2)22(12(13)3)16-8-6-5-7-14(16)19/h5-10H,4H2,1-3H3,(H,20,24). The van der Waals surface area contributed by atoms with Gasteiger partial charge in [0.25, 0.3) is 5.91 Å². The van der Waals surface area contributed by atoms with Gasteiger partial charge in [-0.15, -0.1) is 0 Å². The molecule has 0 spiro atoms. The van der Waals surface area contributed by atoms with E-state index in [1.54, 1.807) is 13.0 Å². The fourth-order valence-corrected chi connectivity index (χ4v) is 3.41. The molecule has 0 bridgehead atoms. The van der Waals surface area contributed by atoms with Crippen LogP contribution in [-0.2, 0) is 4.79 Å². The number of carbonyl (C=O) groups excluding carboxylic acids is 2. The summed E-state index contributed by atoms with van der Waals surface area (Å²) >= 11 is 3.58. The number of aryl methyl sites for hydroxylation is 1. The number of benzene rings is 1. The Bertz CT molecular complexity index is 867. The van der Waals surface area contributed by atoms with Crippen LogP contribution in [0.1, 0.15) is 23.9 Å². The van der Waals surface area contributed by atoms with Crippen LogP contribution in [0.3, 0.4) is 0 Å². The van der Waals surface area contributed by atoms with Crippen molar-refractivity contribution in [3.05, 3.63) is 57.5 Å². The van der Waals surface area contributed by atoms with Gasteiger partial charge < -0.3 is 9.88 Å². The first-order valence-corrected chi connectivity index (χ1v) is 8.51. The summed E-state index contributed by atoms with van der Waals surface area (Å²) in [5.74, 6) is -0.284. The first kappa shape index (κ1) is 16.5. The minimum Gasteiger partial charge on any atom is -0.317 e. The van der Waals surface area contributed by atoms with E-state index in [4.69, 9.17) is 0 Å². The zero-order chi connectivity index (χ0) is 17.4. The maximum atomic E-state index is 12.2. The fourth-order valence-electron chi connectivity index (χ4n) is 2.95. The van der Waals surface area contributed by atoms with E-state index in [2.05, 4.69) is 25.8 Å². The van der Waals surface area contributed by atoms with Crippen LogP contribution in [0.15, 0.2) is 40.5 Å². The molecule has 1 aromatic carbocycles. The number of hydrogen-bond donors (Lipinski definition) is 1. The van der Waals surface area contributed by atoms with Gasteiger partial charge in [-0.05, 0) is 66.5 Å². The van der Waals surface area contributed by atoms with E-state index in [0.29, 0.717) is 12.2 Å². The predicted molar refractivity (Wildman–Crippen MR) is 96.8 cm³/mol. The highest BCUT2D eigenvalue weighted by Gasteiger charge is 2.32. The Hall–Kier alpha value is -2.34. The number of aromatic nitrogens is 1. The molecule has 0 unspecified atom stereocenters. The van der Waals surface area contributed by atoms with E-state index in [1.165, 1.54) is 4.90 Å². The number of likely N-dealkylation sites (N-methyl/N-ethyl adjacent to an activating group) is 1. The number of para-hydroxylation sites is 1. The Kier molecular flexibility index (Phi) is 4.32. The topological polar surface area (TPSA) is 54.3 Å². The van der Waals surface area contributed by atoms with Crippen molar-refractivity contribution in [1.29, 1.82) is 0 Å². The lowest BCUT2D eigenvalue weighted by molar-refractivity contribution is -0.122. The monoisotopic (exact) mass is 387 g/mol. The zero-order valence-electron chi connectivity index (χ0n) is 13.8. The molecule has 1 N–H and O–H groups in total. The van der Waals surface area contributed by atoms with Crippen molar-refractivity contribution in [2.24, 2.45) is 0 Å². The van der Waals surface area contributed by atoms with Gasteiger partial charge in [-0.25, -0.2) is 4.79 Å². The highest BCUT2D eigenvalue weighted by Crippen LogP contribution is 2.28. The summed E-state index contributed by atoms with van der Waals surface area (Å²) in [6.45, 7) is 6.15. The molecule has 1 aromatic heterocycles. The zero-order valence-corrected chi connectivity index (χ0v) is 15.3. The fraction of sp³-hybridized carbons (Fsp3) is 0.222. The Morgan fingerprint density at radius 3 is 2.54 bits per heavy atom. The van der Waals surface area contributed by atoms with Crippen LogP contribution in [-0.4, -0.2) is 28.0 Å². The summed E-state index contributed by atoms with van der Waals surface area (Å²) < 4.78 is 3.11. The third-order valence-corrected chi connectivity index (χ3v) is 4.81. The number of nitrogens with one attached hydrogen (secondary N) is 1. The predicted octanol–water partition coefficient (Wildman–Crippen LogP) is 3.77. The second kappa shape index (κ2) is 6.28. The minimum atomic E-state index is -0.367. The van der Waals surface area contributed by atoms with Crippen molar-refractivity contribution < 1.29 is 9.59 Å². The van der Waals surface area contributed by atoms with E-state index < -0.39 is 0 Å². The molecule has 2 aromatic rings. The number of hydrogen-bond acceptors (Lipinski definition) is 2. The maximum Gasteiger partial charge on any atom is 0.328 e. The normalized spacial score (nSPS) is 16.2. The molecule has 0 saturated carbocycles. The summed E-state index contributed by atoms with van der Waals surface area (Å²) in [4.78, 5) is 25.2. The largest absolute Gasteiger partial charge is 0.328 e. The second-order valence-electron chi connectivity index (χ2n) is 5.65. The van der Waals surface area contributed by atoms with Gasteiger partial charge in [0.05, 0.1) is 5.69 Å². The van der Waals surface area contributed by atoms with E-state index in [1.807, 2.05) is 44.2 Å². The first-order valence-electron chi connectivity index (χ1n) is 7.72. The smallest absolute Gasteiger partial charge is 0.317 e. The average Bonchev–Trinajstić information content (AvgIpc) is 2.97. The average molecular weight is 388 g/mol. The second-order valence-corrected chi connectivity index (χ2v) is 6.51. The number of imide groups is 1. The van der Waals surface area contributed by atoms with Crippen molar-refractivity contribution in [3.8, 4) is 5.69 Å². The first-order chi connectivity index (χ1) is 11.4. The molecule has 0 radical (unpaired) electrons. The van der Waals surface area contributed by atoms with Gasteiger partial charge in [0, 0.05) is 22.4 Å². The number of amides is 3. The molecule has 24 heavy (non-hydrogen) atoms. The maximum absolute atomic E-state index is 12.2. The third-order valence-electron chi connectivity index (χ3n) is 4.14. The third kappa shape index (κ3) is 2.67. The SMILES string of the molecule is CCN1C(=O)NC(=Cc2cc(C)n(-c3ccccc3Br)c2C)C1=O. The summed E-state index contributed by atoms with van der Waals surface area (Å²) in [7, 11) is 0. The van der Waals surface area contributed by atoms with Gasteiger partial charge >= 0.3 is 6.03 Å². The quantitative estimate of drug-likeness (QED) is 0.643. The molecule has 6 heteroatoms. The number of rotatable bonds is 3. The summed E-state index contributed by atoms with van der Waals surface area (Å²) in [6.07, 6.45) is 1.74. The summed E-state index contributed by atoms with van der Waals surface area (Å²) in [6, 6.07) is 9.62. The summed E-state index contributed by atoms with van der Waals surface area (Å²) in [5, 5.41) is 2.64. The lowest BCUT2D eigenvalue weighted by Gasteiger charge is -2.11. The van der Waals surface area contributed by atoms with Gasteiger partial charge in [0.2, 0.25) is 0 Å². The van der Waals surface area contributed by atoms with Crippen LogP contribution >= 0.6 is 15.9 Å². The van der Waals surface area contributed by atoms with E-state index >= 15 is 0 Å². The summed E-state index contributed by atoms with van der Waals surface area (Å²) in [5.41, 5.74) is 4.31. The molecule has 124 valence electrons. The van der Waals surface area contributed by atoms with Crippen molar-refractivity contribution in [1.82, 2.24) is 14.8 Å². The van der Waals surface area contributed by atoms with Gasteiger partial charge in [-0.3, -0.25) is 9.69 Å². The van der Waals surface area contributed by atoms with Crippen LogP contribution in [0.5, 0.6) is 0 Å². The van der Waals surface area contributed by atoms with Crippen LogP contribution in [0.4, 0.5) is 4.79 Å². The molecule has 1 saturated heterocycles. The molecular formula is C18H18BrN3O2. The van der Waals surface area contributed by atoms with Crippen LogP contribution < -0.4 is 5.32 Å². The lowest BCUT2D eigenvalue weighted by atomic mass is 10.2. The van der Waals surface area contributed by atoms with Crippen LogP contribution in [0, 0.1) is 13.8 Å². The molecule has 3 rings (SSSR count). The van der Waals surface area contributed by atoms with Gasteiger partial charge in [-0.2, -0.15) is 0 Å². The molecule has 2 heterocycles. The molecule has 1 aliphatic rings. The van der Waals surface area contributed by atoms with Gasteiger partial charge in [-0.1, -0.05) is 12.1 Å². The molecule has 1 fully saturated rings. The molecule has 0 atom stereocenters. The van der Waals surface area contributed by atoms with Gasteiger partial charge in [0.1, 0.15) is 5.70 Å².